The van der Waals surface area contributed by atoms with E-state index in [1.807, 2.05) is 62.5 Å². The molecule has 1 unspecified atom stereocenters. The van der Waals surface area contributed by atoms with Crippen LogP contribution in [0.15, 0.2) is 71.7 Å². The van der Waals surface area contributed by atoms with E-state index in [0.717, 1.165) is 41.2 Å². The molecule has 1 amide bonds. The summed E-state index contributed by atoms with van der Waals surface area (Å²) in [5.74, 6) is 1.44. The number of pyridine rings is 1. The molecule has 1 saturated carbocycles. The van der Waals surface area contributed by atoms with Gasteiger partial charge in [0.25, 0.3) is 0 Å². The molecule has 4 aromatic rings. The van der Waals surface area contributed by atoms with Gasteiger partial charge in [-0.2, -0.15) is 10.1 Å². The Kier molecular flexibility index (Phi) is 6.03. The van der Waals surface area contributed by atoms with Gasteiger partial charge >= 0.3 is 0 Å². The maximum Gasteiger partial charge on any atom is 0.249 e. The zero-order valence-electron chi connectivity index (χ0n) is 19.1. The van der Waals surface area contributed by atoms with Crippen molar-refractivity contribution in [2.24, 2.45) is 5.92 Å². The van der Waals surface area contributed by atoms with Crippen LogP contribution in [0.1, 0.15) is 55.9 Å². The number of rotatable bonds is 8. The van der Waals surface area contributed by atoms with Gasteiger partial charge in [-0.15, -0.1) is 0 Å². The second-order valence-electron chi connectivity index (χ2n) is 8.78. The summed E-state index contributed by atoms with van der Waals surface area (Å²) in [6.07, 6.45) is 10.9. The minimum Gasteiger partial charge on any atom is -0.340 e. The number of nitrogens with one attached hydrogen (secondary N) is 1. The molecule has 172 valence electrons. The first kappa shape index (κ1) is 21.8. The number of carbonyl (C=O) groups excluding carboxylic acids is 1. The summed E-state index contributed by atoms with van der Waals surface area (Å²) in [7, 11) is 0. The molecule has 1 aliphatic rings. The quantitative estimate of drug-likeness (QED) is 0.387. The Balaban J connectivity index is 1.38. The number of hydrogen-bond acceptors (Lipinski definition) is 6. The van der Waals surface area contributed by atoms with Gasteiger partial charge in [-0.3, -0.25) is 9.78 Å². The first-order valence-electron chi connectivity index (χ1n) is 11.5. The predicted octanol–water partition coefficient (Wildman–Crippen LogP) is 4.72. The molecule has 1 atom stereocenters. The third-order valence-electron chi connectivity index (χ3n) is 5.74. The van der Waals surface area contributed by atoms with Crippen LogP contribution < -0.4 is 5.32 Å². The number of aromatic nitrogens is 5. The van der Waals surface area contributed by atoms with Crippen molar-refractivity contribution in [2.45, 2.75) is 38.6 Å². The van der Waals surface area contributed by atoms with Crippen LogP contribution >= 0.6 is 0 Å². The zero-order chi connectivity index (χ0) is 23.5. The van der Waals surface area contributed by atoms with Gasteiger partial charge in [-0.1, -0.05) is 37.2 Å². The maximum atomic E-state index is 12.9. The van der Waals surface area contributed by atoms with Crippen molar-refractivity contribution in [3.8, 4) is 16.9 Å². The van der Waals surface area contributed by atoms with Crippen molar-refractivity contribution in [1.82, 2.24) is 30.2 Å². The Labute approximate surface area is 197 Å². The van der Waals surface area contributed by atoms with Crippen LogP contribution in [0.5, 0.6) is 0 Å². The predicted molar refractivity (Wildman–Crippen MR) is 128 cm³/mol. The molecule has 34 heavy (non-hydrogen) atoms. The van der Waals surface area contributed by atoms with E-state index in [-0.39, 0.29) is 17.9 Å². The van der Waals surface area contributed by atoms with Crippen molar-refractivity contribution in [2.75, 3.05) is 0 Å². The summed E-state index contributed by atoms with van der Waals surface area (Å²) in [6.45, 7) is 4.03. The molecular formula is C26H26N6O2. The second kappa shape index (κ2) is 9.43. The molecule has 3 heterocycles. The van der Waals surface area contributed by atoms with Crippen molar-refractivity contribution in [3.05, 3.63) is 84.4 Å². The van der Waals surface area contributed by atoms with Crippen molar-refractivity contribution < 1.29 is 9.32 Å². The summed E-state index contributed by atoms with van der Waals surface area (Å²) in [6, 6.07) is 13.3. The summed E-state index contributed by atoms with van der Waals surface area (Å²) in [5.41, 5.74) is 3.35. The minimum atomic E-state index is -0.359. The van der Waals surface area contributed by atoms with Gasteiger partial charge in [0.15, 0.2) is 5.82 Å². The highest BCUT2D eigenvalue weighted by atomic mass is 16.5. The van der Waals surface area contributed by atoms with Gasteiger partial charge in [-0.25, -0.2) is 4.68 Å². The zero-order valence-corrected chi connectivity index (χ0v) is 19.1. The van der Waals surface area contributed by atoms with Crippen LogP contribution in [0.3, 0.4) is 0 Å². The SMILES string of the molecule is CC(C)C(NC(=O)/C=C/c1cn(-c2ccccc2)nc1-c1cccnc1)c1nc(C2CC2)no1. The lowest BCUT2D eigenvalue weighted by Crippen LogP contribution is -2.30. The molecule has 1 N–H and O–H groups in total. The fraction of sp³-hybridized carbons (Fsp3) is 0.269. The van der Waals surface area contributed by atoms with E-state index in [9.17, 15) is 4.79 Å². The van der Waals surface area contributed by atoms with Crippen LogP contribution in [0, 0.1) is 5.92 Å². The van der Waals surface area contributed by atoms with E-state index < -0.39 is 0 Å². The summed E-state index contributed by atoms with van der Waals surface area (Å²) >= 11 is 0. The van der Waals surface area contributed by atoms with Crippen LogP contribution in [-0.4, -0.2) is 30.8 Å². The smallest absolute Gasteiger partial charge is 0.249 e. The number of nitrogens with zero attached hydrogens (tertiary/aromatic N) is 5. The van der Waals surface area contributed by atoms with Crippen LogP contribution in [0.2, 0.25) is 0 Å². The third kappa shape index (κ3) is 4.80. The van der Waals surface area contributed by atoms with E-state index in [1.165, 1.54) is 6.08 Å². The van der Waals surface area contributed by atoms with Crippen LogP contribution in [0.25, 0.3) is 23.0 Å². The third-order valence-corrected chi connectivity index (χ3v) is 5.74. The lowest BCUT2D eigenvalue weighted by atomic mass is 10.0. The Morgan fingerprint density at radius 3 is 2.71 bits per heavy atom. The molecule has 0 aliphatic heterocycles. The first-order chi connectivity index (χ1) is 16.6. The molecule has 8 nitrogen and oxygen atoms in total. The monoisotopic (exact) mass is 454 g/mol. The minimum absolute atomic E-state index is 0.0941. The standard InChI is InChI=1S/C26H26N6O2/c1-17(2)23(26-29-25(31-34-26)18-10-11-18)28-22(33)13-12-20-16-32(21-8-4-3-5-9-21)30-24(20)19-7-6-14-27-15-19/h3-9,12-18,23H,10-11H2,1-2H3,(H,28,33)/b13-12+. The molecule has 0 radical (unpaired) electrons. The van der Waals surface area contributed by atoms with Crippen molar-refractivity contribution in [1.29, 1.82) is 0 Å². The molecular weight excluding hydrogens is 428 g/mol. The van der Waals surface area contributed by atoms with Crippen molar-refractivity contribution in [3.63, 3.8) is 0 Å². The highest BCUT2D eigenvalue weighted by Crippen LogP contribution is 2.38. The van der Waals surface area contributed by atoms with Crippen molar-refractivity contribution >= 4 is 12.0 Å². The lowest BCUT2D eigenvalue weighted by Gasteiger charge is -2.17. The molecule has 5 rings (SSSR count). The lowest BCUT2D eigenvalue weighted by molar-refractivity contribution is -0.117. The number of para-hydroxylation sites is 1. The highest BCUT2D eigenvalue weighted by molar-refractivity contribution is 5.93. The first-order valence-corrected chi connectivity index (χ1v) is 11.5. The molecule has 0 saturated heterocycles. The van der Waals surface area contributed by atoms with Gasteiger partial charge in [0.2, 0.25) is 11.8 Å². The molecule has 1 fully saturated rings. The Morgan fingerprint density at radius 1 is 1.18 bits per heavy atom. The fourth-order valence-corrected chi connectivity index (χ4v) is 3.71. The molecule has 0 spiro atoms. The maximum absolute atomic E-state index is 12.9. The Morgan fingerprint density at radius 2 is 2.00 bits per heavy atom. The van der Waals surface area contributed by atoms with E-state index in [4.69, 9.17) is 9.62 Å². The average molecular weight is 455 g/mol. The van der Waals surface area contributed by atoms with Gasteiger partial charge in [0.05, 0.1) is 5.69 Å². The largest absolute Gasteiger partial charge is 0.340 e. The molecule has 0 bridgehead atoms. The molecule has 1 aromatic carbocycles. The summed E-state index contributed by atoms with van der Waals surface area (Å²) in [4.78, 5) is 21.6. The molecule has 3 aromatic heterocycles. The van der Waals surface area contributed by atoms with Crippen LogP contribution in [0.4, 0.5) is 0 Å². The number of benzene rings is 1. The van der Waals surface area contributed by atoms with Gasteiger partial charge in [-0.05, 0) is 49.1 Å². The summed E-state index contributed by atoms with van der Waals surface area (Å²) in [5, 5.41) is 11.8. The normalized spacial score (nSPS) is 14.6. The van der Waals surface area contributed by atoms with E-state index >= 15 is 0 Å². The van der Waals surface area contributed by atoms with E-state index in [1.54, 1.807) is 23.2 Å². The number of amides is 1. The van der Waals surface area contributed by atoms with E-state index in [0.29, 0.717) is 11.8 Å². The summed E-state index contributed by atoms with van der Waals surface area (Å²) < 4.78 is 7.26. The topological polar surface area (TPSA) is 98.7 Å². The fourth-order valence-electron chi connectivity index (χ4n) is 3.71. The van der Waals surface area contributed by atoms with E-state index in [2.05, 4.69) is 20.4 Å². The van der Waals surface area contributed by atoms with Gasteiger partial charge in [0.1, 0.15) is 11.7 Å². The molecule has 8 heteroatoms. The Hall–Kier alpha value is -4.07. The van der Waals surface area contributed by atoms with Crippen LogP contribution in [-0.2, 0) is 4.79 Å². The average Bonchev–Trinajstić information content (AvgIpc) is 3.44. The number of hydrogen-bond donors (Lipinski definition) is 1. The number of carbonyl (C=O) groups is 1. The molecule has 1 aliphatic carbocycles. The van der Waals surface area contributed by atoms with Gasteiger partial charge < -0.3 is 9.84 Å². The highest BCUT2D eigenvalue weighted by Gasteiger charge is 2.31. The second-order valence-corrected chi connectivity index (χ2v) is 8.78. The van der Waals surface area contributed by atoms with Gasteiger partial charge in [0, 0.05) is 41.7 Å². The Bertz CT molecular complexity index is 1290.